The first-order chi connectivity index (χ1) is 61.2. The first kappa shape index (κ1) is 95.5. The summed E-state index contributed by atoms with van der Waals surface area (Å²) in [6.07, 6.45) is 17.6. The van der Waals surface area contributed by atoms with Gasteiger partial charge in [0.1, 0.15) is 53.7 Å². The van der Waals surface area contributed by atoms with Crippen LogP contribution in [0.3, 0.4) is 0 Å². The zero-order valence-electron chi connectivity index (χ0n) is 74.6. The second-order valence-corrected chi connectivity index (χ2v) is 34.6. The van der Waals surface area contributed by atoms with Crippen LogP contribution in [0.2, 0.25) is 5.02 Å². The van der Waals surface area contributed by atoms with Crippen molar-refractivity contribution >= 4 is 107 Å². The fraction of sp³-hybridized carbons (Fsp3) is 0.280. The maximum Gasteiger partial charge on any atom is 1.00 e. The van der Waals surface area contributed by atoms with Gasteiger partial charge in [-0.1, -0.05) is 23.7 Å². The van der Waals surface area contributed by atoms with E-state index in [1.165, 1.54) is 67.8 Å². The number of hydrogen-bond acceptors (Lipinski definition) is 23. The molecule has 6 aromatic heterocycles. The average Bonchev–Trinajstić information content (AvgIpc) is 0.739. The molecule has 0 bridgehead atoms. The van der Waals surface area contributed by atoms with Crippen LogP contribution in [0.4, 0.5) is 13.2 Å². The molecule has 15 aromatic rings. The second kappa shape index (κ2) is 39.7. The molecule has 0 spiro atoms. The SMILES string of the molecule is CCOC(=O)[C@@H](OC(C)(C)C)c1c(C)cc2c(-c3cncnc3)cc(F)cc2c1-c1ccc2c3c(ccnc13)CCO2.CCOC(=O)[C@@H](OC(C)(C)C)c1c(C)cc2c(Cl)cc(F)cc2c1-c1ccc2c3c(ccnc13)CCO2.Cc1cc2c(-c3cncnc3)cc(F)cc2c(-c2ccc3c4c(ccnc24)CCO3)c1[C@H](OC(C)(C)C)C(=O)O.OB(O)c1cncnc1.[Na+].[OH-]. The van der Waals surface area contributed by atoms with E-state index in [4.69, 9.17) is 74.5 Å². The molecule has 0 radical (unpaired) electrons. The van der Waals surface area contributed by atoms with Crippen molar-refractivity contribution in [3.8, 4) is 72.9 Å². The topological polar surface area (TPSA) is 332 Å². The Hall–Kier alpha value is -12.1. The summed E-state index contributed by atoms with van der Waals surface area (Å²) in [6, 6.07) is 31.8. The van der Waals surface area contributed by atoms with E-state index in [1.807, 2.05) is 156 Å². The maximum absolute atomic E-state index is 15.6. The van der Waals surface area contributed by atoms with Gasteiger partial charge in [0.15, 0.2) is 18.3 Å². The first-order valence-corrected chi connectivity index (χ1v) is 42.3. The Morgan fingerprint density at radius 2 is 0.754 bits per heavy atom. The van der Waals surface area contributed by atoms with Gasteiger partial charge in [0.2, 0.25) is 0 Å². The van der Waals surface area contributed by atoms with Gasteiger partial charge in [-0.3, -0.25) is 15.0 Å². The average molecular weight is 1790 g/mol. The standard InChI is InChI=1S/C34H32FN3O4.C32H28FN3O4.C30H29ClFNO4.C4H5BN2O2.Na.H2O/c1-6-40-33(39)32(42-34(3,4)5)28-19(2)13-25-24(21-16-36-18-37-17-21)14-22(35)15-26(25)30(28)23-7-8-27-29-20(10-12-41-27)9-11-38-31(23)29;1-17-11-23-22(19-14-34-16-35-15-19)12-20(33)13-24(23)28(26(17)30(31(37)38)40-32(2,3)4)21-5-6-25-27-18(8-10-39-25)7-9-36-29(21)27;1-6-35-29(34)28(37-30(3,4)5)24-16(2)13-20-21(14-18(32)15-22(20)31)26(24)19-7-8-23-25-17(10-12-36-23)9-11-33-27(19)25;8-5(9)4-1-6-3-7-2-4;;/h7-9,11,13-18,32H,6,10,12H2,1-5H3;5-7,9,11-16,30H,8,10H2,1-4H3,(H,37,38);7-9,11,13-15,28H,6,10,12H2,1-5H3;1-3,8-9H;;1H2/q;;;;+1;/p-1/t32-;30-;28-;;;/m000.../s1. The van der Waals surface area contributed by atoms with Gasteiger partial charge in [0.25, 0.3) is 0 Å². The van der Waals surface area contributed by atoms with Crippen molar-refractivity contribution in [2.75, 3.05) is 33.0 Å². The summed E-state index contributed by atoms with van der Waals surface area (Å²) in [5, 5.41) is 34.4. The molecule has 0 aliphatic carbocycles. The molecule has 0 amide bonds. The Labute approximate surface area is 776 Å². The Kier molecular flexibility index (Phi) is 29.2. The molecule has 3 atom stereocenters. The van der Waals surface area contributed by atoms with E-state index in [2.05, 4.69) is 29.9 Å². The second-order valence-electron chi connectivity index (χ2n) is 34.2. The van der Waals surface area contributed by atoms with Crippen molar-refractivity contribution in [3.63, 3.8) is 0 Å². The van der Waals surface area contributed by atoms with Crippen molar-refractivity contribution < 1.29 is 116 Å². The van der Waals surface area contributed by atoms with E-state index in [0.29, 0.717) is 130 Å². The van der Waals surface area contributed by atoms with Gasteiger partial charge in [0, 0.05) is 147 Å². The maximum atomic E-state index is 15.6. The van der Waals surface area contributed by atoms with Crippen LogP contribution in [0.5, 0.6) is 17.2 Å². The molecule has 130 heavy (non-hydrogen) atoms. The molecular weight excluding hydrogens is 1690 g/mol. The molecule has 3 aliphatic rings. The third-order valence-corrected chi connectivity index (χ3v) is 22.2. The third kappa shape index (κ3) is 20.1. The van der Waals surface area contributed by atoms with E-state index in [9.17, 15) is 23.9 Å². The van der Waals surface area contributed by atoms with Crippen molar-refractivity contribution in [2.45, 2.75) is 151 Å². The Morgan fingerprint density at radius 1 is 0.438 bits per heavy atom. The normalized spacial score (nSPS) is 13.3. The summed E-state index contributed by atoms with van der Waals surface area (Å²) >= 11 is 6.55. The molecule has 0 unspecified atom stereocenters. The molecule has 30 heteroatoms. The minimum Gasteiger partial charge on any atom is -0.870 e. The number of aryl methyl sites for hydroxylation is 3. The monoisotopic (exact) mass is 1790 g/mol. The Morgan fingerprint density at radius 3 is 1.08 bits per heavy atom. The molecule has 0 saturated carbocycles. The molecule has 18 rings (SSSR count). The summed E-state index contributed by atoms with van der Waals surface area (Å²) in [7, 11) is -1.47. The van der Waals surface area contributed by atoms with Crippen LogP contribution < -0.4 is 49.2 Å². The number of fused-ring (bicyclic) bond motifs is 3. The molecule has 24 nitrogen and oxygen atoms in total. The van der Waals surface area contributed by atoms with E-state index >= 15 is 8.78 Å². The van der Waals surface area contributed by atoms with Crippen LogP contribution in [0.1, 0.15) is 145 Å². The number of aromatic nitrogens is 9. The number of pyridine rings is 3. The minimum absolute atomic E-state index is 0. The fourth-order valence-corrected chi connectivity index (χ4v) is 17.2. The number of esters is 2. The number of halogens is 4. The number of carbonyl (C=O) groups excluding carboxylic acids is 2. The summed E-state index contributed by atoms with van der Waals surface area (Å²) in [5.41, 5.74) is 14.2. The predicted octanol–water partition coefficient (Wildman–Crippen LogP) is 16.6. The van der Waals surface area contributed by atoms with Gasteiger partial charge >= 0.3 is 54.6 Å². The summed E-state index contributed by atoms with van der Waals surface area (Å²) in [6.45, 7) is 28.1. The van der Waals surface area contributed by atoms with Crippen LogP contribution >= 0.6 is 11.6 Å². The smallest absolute Gasteiger partial charge is 0.870 e. The van der Waals surface area contributed by atoms with Gasteiger partial charge in [-0.15, -0.1) is 0 Å². The number of benzene rings is 9. The predicted molar refractivity (Wildman–Crippen MR) is 488 cm³/mol. The number of carbonyl (C=O) groups is 3. The number of hydrogen-bond donors (Lipinski definition) is 3. The number of ether oxygens (including phenoxy) is 8. The quantitative estimate of drug-likeness (QED) is 0.0563. The molecule has 0 saturated heterocycles. The number of carboxylic acids is 1. The molecule has 9 heterocycles. The van der Waals surface area contributed by atoms with Gasteiger partial charge in [-0.05, 0) is 282 Å². The summed E-state index contributed by atoms with van der Waals surface area (Å²) < 4.78 is 93.6. The van der Waals surface area contributed by atoms with Gasteiger partial charge in [-0.25, -0.2) is 57.5 Å². The fourth-order valence-electron chi connectivity index (χ4n) is 17.0. The number of nitrogens with zero attached hydrogens (tertiary/aromatic N) is 9. The van der Waals surface area contributed by atoms with Gasteiger partial charge < -0.3 is 58.5 Å². The van der Waals surface area contributed by atoms with E-state index < -0.39 is 77.6 Å². The molecule has 662 valence electrons. The molecular formula is C100H95BClF3N9NaO15. The van der Waals surface area contributed by atoms with Crippen molar-refractivity contribution in [1.82, 2.24) is 44.9 Å². The zero-order chi connectivity index (χ0) is 90.9. The van der Waals surface area contributed by atoms with Crippen LogP contribution in [-0.2, 0) is 57.3 Å². The Bertz CT molecular complexity index is 6810. The Balaban J connectivity index is 0.000000157. The van der Waals surface area contributed by atoms with E-state index in [1.54, 1.807) is 57.2 Å². The van der Waals surface area contributed by atoms with Gasteiger partial charge in [0.05, 0.1) is 71.4 Å². The third-order valence-electron chi connectivity index (χ3n) is 21.9. The first-order valence-electron chi connectivity index (χ1n) is 42.0. The number of aliphatic carboxylic acids is 1. The molecule has 0 fully saturated rings. The molecule has 4 N–H and O–H groups in total. The number of carboxylic acid groups (broad SMARTS) is 1. The minimum atomic E-state index is -1.47. The summed E-state index contributed by atoms with van der Waals surface area (Å²) in [5.74, 6) is -1.30. The number of rotatable bonds is 17. The van der Waals surface area contributed by atoms with Crippen molar-refractivity contribution in [1.29, 1.82) is 0 Å². The van der Waals surface area contributed by atoms with E-state index in [-0.39, 0.29) is 53.3 Å². The molecule has 9 aromatic carbocycles. The van der Waals surface area contributed by atoms with E-state index in [0.717, 1.165) is 102 Å². The van der Waals surface area contributed by atoms with Crippen molar-refractivity contribution in [2.24, 2.45) is 0 Å². The molecule has 3 aliphatic heterocycles. The van der Waals surface area contributed by atoms with Crippen LogP contribution in [0.25, 0.3) is 121 Å². The largest absolute Gasteiger partial charge is 1.00 e. The van der Waals surface area contributed by atoms with Gasteiger partial charge in [-0.2, -0.15) is 0 Å². The van der Waals surface area contributed by atoms with Crippen LogP contribution in [-0.4, -0.2) is 140 Å². The van der Waals surface area contributed by atoms with Crippen LogP contribution in [0, 0.1) is 38.2 Å². The van der Waals surface area contributed by atoms with Crippen molar-refractivity contribution in [3.05, 3.63) is 256 Å². The van der Waals surface area contributed by atoms with Crippen LogP contribution in [0.15, 0.2) is 184 Å². The summed E-state index contributed by atoms with van der Waals surface area (Å²) in [4.78, 5) is 77.8. The zero-order valence-corrected chi connectivity index (χ0v) is 77.4.